The van der Waals surface area contributed by atoms with Gasteiger partial charge in [0.15, 0.2) is 12.0 Å². The van der Waals surface area contributed by atoms with Crippen LogP contribution in [0.2, 0.25) is 0 Å². The van der Waals surface area contributed by atoms with Gasteiger partial charge in [-0.25, -0.2) is 14.4 Å². The van der Waals surface area contributed by atoms with Crippen LogP contribution in [0.25, 0.3) is 22.0 Å². The van der Waals surface area contributed by atoms with Crippen molar-refractivity contribution in [2.45, 2.75) is 0 Å². The smallest absolute Gasteiger partial charge is 0.379 e. The van der Waals surface area contributed by atoms with E-state index >= 15 is 0 Å². The summed E-state index contributed by atoms with van der Waals surface area (Å²) in [6.45, 7) is 0. The molecular weight excluding hydrogens is 252 g/mol. The zero-order chi connectivity index (χ0) is 13.4. The first-order valence-corrected chi connectivity index (χ1v) is 5.45. The lowest BCUT2D eigenvalue weighted by atomic mass is 10.0. The van der Waals surface area contributed by atoms with E-state index < -0.39 is 11.8 Å². The minimum absolute atomic E-state index is 0.0364. The molecule has 0 aliphatic heterocycles. The Morgan fingerprint density at radius 2 is 2.00 bits per heavy atom. The standard InChI is InChI=1S/C13H7F2N3O/c14-10-6-16-7-17-12(10)9-3-1-2-8-4-5-18(19)13(15)11(8)9/h1-7H. The average Bonchev–Trinajstić information content (AvgIpc) is 2.43. The van der Waals surface area contributed by atoms with E-state index in [1.807, 2.05) is 0 Å². The lowest BCUT2D eigenvalue weighted by Gasteiger charge is -2.07. The topological polar surface area (TPSA) is 52.7 Å². The van der Waals surface area contributed by atoms with Crippen LogP contribution in [0.3, 0.4) is 0 Å². The Hall–Kier alpha value is -2.63. The second-order valence-corrected chi connectivity index (χ2v) is 3.92. The van der Waals surface area contributed by atoms with Crippen LogP contribution in [0.4, 0.5) is 8.78 Å². The Morgan fingerprint density at radius 3 is 2.79 bits per heavy atom. The summed E-state index contributed by atoms with van der Waals surface area (Å²) in [7, 11) is 0. The largest absolute Gasteiger partial charge is 0.617 e. The number of aromatic nitrogens is 3. The molecule has 94 valence electrons. The van der Waals surface area contributed by atoms with Crippen molar-refractivity contribution in [2.24, 2.45) is 0 Å². The normalized spacial score (nSPS) is 10.8. The zero-order valence-electron chi connectivity index (χ0n) is 9.55. The SMILES string of the molecule is [O-][n+]1ccc2cccc(-c3ncncc3F)c2c1F. The molecule has 19 heavy (non-hydrogen) atoms. The van der Waals surface area contributed by atoms with Crippen LogP contribution in [0.1, 0.15) is 0 Å². The molecule has 3 aromatic rings. The van der Waals surface area contributed by atoms with E-state index in [-0.39, 0.29) is 21.4 Å². The van der Waals surface area contributed by atoms with Gasteiger partial charge in [-0.05, 0) is 5.39 Å². The molecule has 0 saturated heterocycles. The molecule has 0 spiro atoms. The van der Waals surface area contributed by atoms with Gasteiger partial charge in [0.25, 0.3) is 0 Å². The van der Waals surface area contributed by atoms with E-state index in [1.165, 1.54) is 18.5 Å². The maximum absolute atomic E-state index is 14.0. The number of benzene rings is 1. The molecule has 0 fully saturated rings. The fraction of sp³-hybridized carbons (Fsp3) is 0. The van der Waals surface area contributed by atoms with Crippen molar-refractivity contribution >= 4 is 10.8 Å². The average molecular weight is 259 g/mol. The van der Waals surface area contributed by atoms with Crippen molar-refractivity contribution < 1.29 is 13.5 Å². The van der Waals surface area contributed by atoms with E-state index in [0.29, 0.717) is 5.39 Å². The van der Waals surface area contributed by atoms with Crippen molar-refractivity contribution in [3.05, 3.63) is 60.0 Å². The summed E-state index contributed by atoms with van der Waals surface area (Å²) >= 11 is 0. The molecule has 1 aromatic carbocycles. The van der Waals surface area contributed by atoms with E-state index in [1.54, 1.807) is 12.1 Å². The monoisotopic (exact) mass is 259 g/mol. The van der Waals surface area contributed by atoms with Crippen molar-refractivity contribution in [3.63, 3.8) is 0 Å². The fourth-order valence-electron chi connectivity index (χ4n) is 1.97. The third-order valence-electron chi connectivity index (χ3n) is 2.81. The molecule has 2 aromatic heterocycles. The Labute approximate surface area is 106 Å². The van der Waals surface area contributed by atoms with Crippen molar-refractivity contribution in [3.8, 4) is 11.3 Å². The second kappa shape index (κ2) is 4.24. The Morgan fingerprint density at radius 1 is 1.16 bits per heavy atom. The molecule has 0 unspecified atom stereocenters. The first-order chi connectivity index (χ1) is 9.18. The van der Waals surface area contributed by atoms with Crippen LogP contribution in [0, 0.1) is 17.0 Å². The highest BCUT2D eigenvalue weighted by molar-refractivity contribution is 5.95. The number of nitrogens with zero attached hydrogens (tertiary/aromatic N) is 3. The van der Waals surface area contributed by atoms with Gasteiger partial charge in [0.1, 0.15) is 12.0 Å². The van der Waals surface area contributed by atoms with E-state index in [4.69, 9.17) is 0 Å². The summed E-state index contributed by atoms with van der Waals surface area (Å²) in [4.78, 5) is 7.35. The van der Waals surface area contributed by atoms with Crippen LogP contribution in [-0.4, -0.2) is 9.97 Å². The molecule has 0 radical (unpaired) electrons. The molecule has 6 heteroatoms. The molecule has 3 rings (SSSR count). The zero-order valence-corrected chi connectivity index (χ0v) is 9.55. The summed E-state index contributed by atoms with van der Waals surface area (Å²) in [5.74, 6) is -1.65. The van der Waals surface area contributed by atoms with Gasteiger partial charge < -0.3 is 5.21 Å². The predicted octanol–water partition coefficient (Wildman–Crippen LogP) is 2.21. The first-order valence-electron chi connectivity index (χ1n) is 5.45. The van der Waals surface area contributed by atoms with Gasteiger partial charge in [0.2, 0.25) is 0 Å². The van der Waals surface area contributed by atoms with Crippen LogP contribution in [-0.2, 0) is 0 Å². The molecule has 4 nitrogen and oxygen atoms in total. The highest BCUT2D eigenvalue weighted by Gasteiger charge is 2.18. The molecule has 0 amide bonds. The maximum Gasteiger partial charge on any atom is 0.379 e. The summed E-state index contributed by atoms with van der Waals surface area (Å²) in [5, 5.41) is 11.9. The predicted molar refractivity (Wildman–Crippen MR) is 63.9 cm³/mol. The molecular formula is C13H7F2N3O. The number of hydrogen-bond acceptors (Lipinski definition) is 3. The first kappa shape index (κ1) is 11.5. The fourth-order valence-corrected chi connectivity index (χ4v) is 1.97. The number of halogens is 2. The Kier molecular flexibility index (Phi) is 2.56. The van der Waals surface area contributed by atoms with E-state index in [9.17, 15) is 14.0 Å². The quantitative estimate of drug-likeness (QED) is 0.382. The number of hydrogen-bond donors (Lipinski definition) is 0. The molecule has 0 saturated carbocycles. The van der Waals surface area contributed by atoms with Gasteiger partial charge in [0, 0.05) is 11.6 Å². The minimum Gasteiger partial charge on any atom is -0.617 e. The highest BCUT2D eigenvalue weighted by Crippen LogP contribution is 2.29. The molecule has 0 aliphatic carbocycles. The van der Waals surface area contributed by atoms with Crippen molar-refractivity contribution in [2.75, 3.05) is 0 Å². The lowest BCUT2D eigenvalue weighted by Crippen LogP contribution is -2.30. The van der Waals surface area contributed by atoms with Gasteiger partial charge in [-0.1, -0.05) is 18.2 Å². The summed E-state index contributed by atoms with van der Waals surface area (Å²) < 4.78 is 27.8. The van der Waals surface area contributed by atoms with Crippen LogP contribution in [0.5, 0.6) is 0 Å². The Bertz CT molecular complexity index is 777. The van der Waals surface area contributed by atoms with Gasteiger partial charge in [0.05, 0.1) is 11.6 Å². The van der Waals surface area contributed by atoms with Gasteiger partial charge >= 0.3 is 5.95 Å². The van der Waals surface area contributed by atoms with Gasteiger partial charge in [-0.2, -0.15) is 0 Å². The van der Waals surface area contributed by atoms with Gasteiger partial charge in [-0.15, -0.1) is 9.12 Å². The maximum atomic E-state index is 14.0. The van der Waals surface area contributed by atoms with Crippen LogP contribution in [0.15, 0.2) is 43.0 Å². The molecule has 0 bridgehead atoms. The molecule has 0 aliphatic rings. The minimum atomic E-state index is -0.980. The van der Waals surface area contributed by atoms with Crippen molar-refractivity contribution in [1.29, 1.82) is 0 Å². The summed E-state index contributed by atoms with van der Waals surface area (Å²) in [6, 6.07) is 6.26. The molecule has 0 N–H and O–H groups in total. The number of fused-ring (bicyclic) bond motifs is 1. The number of rotatable bonds is 1. The van der Waals surface area contributed by atoms with E-state index in [0.717, 1.165) is 12.4 Å². The highest BCUT2D eigenvalue weighted by atomic mass is 19.1. The third kappa shape index (κ3) is 1.77. The summed E-state index contributed by atoms with van der Waals surface area (Å²) in [5.41, 5.74) is 0.186. The lowest BCUT2D eigenvalue weighted by molar-refractivity contribution is -0.635. The van der Waals surface area contributed by atoms with Crippen LogP contribution < -0.4 is 4.73 Å². The van der Waals surface area contributed by atoms with Crippen molar-refractivity contribution in [1.82, 2.24) is 9.97 Å². The molecule has 2 heterocycles. The number of pyridine rings is 1. The Balaban J connectivity index is 2.42. The van der Waals surface area contributed by atoms with Gasteiger partial charge in [-0.3, -0.25) is 0 Å². The third-order valence-corrected chi connectivity index (χ3v) is 2.81. The second-order valence-electron chi connectivity index (χ2n) is 3.92. The van der Waals surface area contributed by atoms with E-state index in [2.05, 4.69) is 9.97 Å². The summed E-state index contributed by atoms with van der Waals surface area (Å²) in [6.07, 6.45) is 3.23. The molecule has 0 atom stereocenters. The van der Waals surface area contributed by atoms with Crippen LogP contribution >= 0.6 is 0 Å².